The van der Waals surface area contributed by atoms with Crippen LogP contribution in [0.15, 0.2) is 18.2 Å². The Balaban J connectivity index is 2.28. The minimum Gasteiger partial charge on any atom is -0.493 e. The highest BCUT2D eigenvalue weighted by atomic mass is 35.5. The van der Waals surface area contributed by atoms with Gasteiger partial charge in [0.15, 0.2) is 11.5 Å². The summed E-state index contributed by atoms with van der Waals surface area (Å²) in [6.45, 7) is 1.19. The van der Waals surface area contributed by atoms with Crippen molar-refractivity contribution >= 4 is 17.7 Å². The third-order valence-electron chi connectivity index (χ3n) is 2.91. The normalized spacial score (nSPS) is 15.1. The van der Waals surface area contributed by atoms with Crippen molar-refractivity contribution in [1.29, 1.82) is 0 Å². The van der Waals surface area contributed by atoms with Crippen molar-refractivity contribution in [2.24, 2.45) is 11.7 Å². The van der Waals surface area contributed by atoms with Crippen LogP contribution in [0, 0.1) is 5.92 Å². The first-order valence-corrected chi connectivity index (χ1v) is 6.50. The molecule has 0 aromatic heterocycles. The summed E-state index contributed by atoms with van der Waals surface area (Å²) in [6.07, 6.45) is 6.23. The molecule has 0 amide bonds. The fourth-order valence-electron chi connectivity index (χ4n) is 1.69. The molecule has 1 saturated carbocycles. The fraction of sp³-hybridized carbons (Fsp3) is 0.429. The van der Waals surface area contributed by atoms with Crippen LogP contribution >= 0.6 is 11.6 Å². The maximum absolute atomic E-state index is 6.20. The fourth-order valence-corrected chi connectivity index (χ4v) is 1.90. The molecule has 0 aliphatic heterocycles. The van der Waals surface area contributed by atoms with Gasteiger partial charge in [0, 0.05) is 12.1 Å². The Morgan fingerprint density at radius 2 is 2.22 bits per heavy atom. The molecule has 2 N–H and O–H groups in total. The second-order valence-corrected chi connectivity index (χ2v) is 4.79. The zero-order valence-electron chi connectivity index (χ0n) is 10.5. The molecule has 4 heteroatoms. The molecule has 1 aromatic carbocycles. The number of hydrogen-bond acceptors (Lipinski definition) is 3. The molecule has 0 saturated heterocycles. The predicted molar refractivity (Wildman–Crippen MR) is 74.3 cm³/mol. The lowest BCUT2D eigenvalue weighted by Gasteiger charge is -2.14. The molecule has 98 valence electrons. The van der Waals surface area contributed by atoms with Gasteiger partial charge in [-0.05, 0) is 30.9 Å². The second kappa shape index (κ2) is 6.12. The van der Waals surface area contributed by atoms with Gasteiger partial charge >= 0.3 is 0 Å². The Morgan fingerprint density at radius 1 is 1.44 bits per heavy atom. The summed E-state index contributed by atoms with van der Waals surface area (Å²) in [7, 11) is 1.63. The van der Waals surface area contributed by atoms with E-state index in [1.165, 1.54) is 12.8 Å². The van der Waals surface area contributed by atoms with E-state index in [2.05, 4.69) is 0 Å². The second-order valence-electron chi connectivity index (χ2n) is 4.38. The molecule has 1 aliphatic rings. The minimum absolute atomic E-state index is 0.468. The number of hydrogen-bond donors (Lipinski definition) is 1. The highest BCUT2D eigenvalue weighted by Crippen LogP contribution is 2.39. The van der Waals surface area contributed by atoms with E-state index in [4.69, 9.17) is 26.8 Å². The van der Waals surface area contributed by atoms with Crippen LogP contribution in [0.2, 0.25) is 5.02 Å². The Bertz CT molecular complexity index is 442. The van der Waals surface area contributed by atoms with Gasteiger partial charge in [-0.15, -0.1) is 0 Å². The van der Waals surface area contributed by atoms with Gasteiger partial charge in [0.1, 0.15) is 0 Å². The molecule has 0 unspecified atom stereocenters. The molecule has 1 aliphatic carbocycles. The molecular formula is C14H18ClNO2. The summed E-state index contributed by atoms with van der Waals surface area (Å²) in [5.41, 5.74) is 6.31. The maximum Gasteiger partial charge on any atom is 0.169 e. The summed E-state index contributed by atoms with van der Waals surface area (Å²) in [6, 6.07) is 3.63. The Kier molecular flexibility index (Phi) is 4.50. The van der Waals surface area contributed by atoms with Crippen LogP contribution in [-0.2, 0) is 0 Å². The maximum atomic E-state index is 6.20. The van der Waals surface area contributed by atoms with Gasteiger partial charge in [-0.2, -0.15) is 0 Å². The third-order valence-corrected chi connectivity index (χ3v) is 3.24. The summed E-state index contributed by atoms with van der Waals surface area (Å²) < 4.78 is 11.2. The molecule has 0 atom stereocenters. The van der Waals surface area contributed by atoms with Crippen LogP contribution in [-0.4, -0.2) is 20.3 Å². The Hall–Kier alpha value is -1.19. The summed E-state index contributed by atoms with van der Waals surface area (Å²) in [5, 5.41) is 0.645. The monoisotopic (exact) mass is 267 g/mol. The highest BCUT2D eigenvalue weighted by molar-refractivity contribution is 6.32. The SMILES string of the molecule is COc1ccc(Cl)c(/C=C/CN)c1OCC1CC1. The molecular weight excluding hydrogens is 250 g/mol. The molecule has 1 aromatic rings. The van der Waals surface area contributed by atoms with Crippen molar-refractivity contribution in [3.05, 3.63) is 28.8 Å². The van der Waals surface area contributed by atoms with Crippen molar-refractivity contribution in [3.8, 4) is 11.5 Å². The Morgan fingerprint density at radius 3 is 2.83 bits per heavy atom. The molecule has 3 nitrogen and oxygen atoms in total. The number of rotatable bonds is 6. The van der Waals surface area contributed by atoms with Gasteiger partial charge in [-0.1, -0.05) is 23.8 Å². The zero-order valence-corrected chi connectivity index (χ0v) is 11.2. The average molecular weight is 268 g/mol. The van der Waals surface area contributed by atoms with Crippen molar-refractivity contribution in [2.45, 2.75) is 12.8 Å². The predicted octanol–water partition coefficient (Wildman–Crippen LogP) is 3.11. The molecule has 0 radical (unpaired) electrons. The molecule has 0 spiro atoms. The molecule has 2 rings (SSSR count). The van der Waals surface area contributed by atoms with E-state index in [1.807, 2.05) is 18.2 Å². The standard InChI is InChI=1S/C14H18ClNO2/c1-17-13-7-6-12(15)11(3-2-8-16)14(13)18-9-10-4-5-10/h2-3,6-7,10H,4-5,8-9,16H2,1H3/b3-2+. The lowest BCUT2D eigenvalue weighted by atomic mass is 10.1. The zero-order chi connectivity index (χ0) is 13.0. The van der Waals surface area contributed by atoms with Gasteiger partial charge in [0.05, 0.1) is 18.7 Å². The molecule has 18 heavy (non-hydrogen) atoms. The van der Waals surface area contributed by atoms with Gasteiger partial charge in [0.2, 0.25) is 0 Å². The van der Waals surface area contributed by atoms with E-state index in [-0.39, 0.29) is 0 Å². The van der Waals surface area contributed by atoms with Crippen LogP contribution in [0.4, 0.5) is 0 Å². The third kappa shape index (κ3) is 3.18. The molecule has 0 heterocycles. The smallest absolute Gasteiger partial charge is 0.169 e. The van der Waals surface area contributed by atoms with E-state index >= 15 is 0 Å². The number of benzene rings is 1. The topological polar surface area (TPSA) is 44.5 Å². The van der Waals surface area contributed by atoms with E-state index in [0.29, 0.717) is 29.0 Å². The van der Waals surface area contributed by atoms with Crippen LogP contribution in [0.1, 0.15) is 18.4 Å². The van der Waals surface area contributed by atoms with Crippen molar-refractivity contribution in [2.75, 3.05) is 20.3 Å². The molecule has 1 fully saturated rings. The number of halogens is 1. The van der Waals surface area contributed by atoms with E-state index in [1.54, 1.807) is 13.2 Å². The summed E-state index contributed by atoms with van der Waals surface area (Å²) >= 11 is 6.20. The number of methoxy groups -OCH3 is 1. The van der Waals surface area contributed by atoms with Crippen molar-refractivity contribution < 1.29 is 9.47 Å². The van der Waals surface area contributed by atoms with E-state index in [9.17, 15) is 0 Å². The average Bonchev–Trinajstić information content (AvgIpc) is 3.19. The number of ether oxygens (including phenoxy) is 2. The first-order chi connectivity index (χ1) is 8.76. The summed E-state index contributed by atoms with van der Waals surface area (Å²) in [4.78, 5) is 0. The van der Waals surface area contributed by atoms with Gasteiger partial charge in [-0.3, -0.25) is 0 Å². The minimum atomic E-state index is 0.468. The van der Waals surface area contributed by atoms with Crippen LogP contribution < -0.4 is 15.2 Å². The van der Waals surface area contributed by atoms with Crippen molar-refractivity contribution in [1.82, 2.24) is 0 Å². The summed E-state index contributed by atoms with van der Waals surface area (Å²) in [5.74, 6) is 2.10. The lowest BCUT2D eigenvalue weighted by Crippen LogP contribution is -2.03. The van der Waals surface area contributed by atoms with Gasteiger partial charge in [0.25, 0.3) is 0 Å². The van der Waals surface area contributed by atoms with Gasteiger partial charge in [-0.25, -0.2) is 0 Å². The van der Waals surface area contributed by atoms with Crippen LogP contribution in [0.3, 0.4) is 0 Å². The number of nitrogens with two attached hydrogens (primary N) is 1. The van der Waals surface area contributed by atoms with Crippen LogP contribution in [0.25, 0.3) is 6.08 Å². The van der Waals surface area contributed by atoms with Crippen LogP contribution in [0.5, 0.6) is 11.5 Å². The largest absolute Gasteiger partial charge is 0.493 e. The lowest BCUT2D eigenvalue weighted by molar-refractivity contribution is 0.280. The van der Waals surface area contributed by atoms with Gasteiger partial charge < -0.3 is 15.2 Å². The first kappa shape index (κ1) is 13.2. The quantitative estimate of drug-likeness (QED) is 0.861. The van der Waals surface area contributed by atoms with E-state index in [0.717, 1.165) is 12.2 Å². The van der Waals surface area contributed by atoms with Crippen molar-refractivity contribution in [3.63, 3.8) is 0 Å². The highest BCUT2D eigenvalue weighted by Gasteiger charge is 2.23. The Labute approximate surface area is 113 Å². The molecule has 0 bridgehead atoms. The van der Waals surface area contributed by atoms with E-state index < -0.39 is 0 Å². The first-order valence-electron chi connectivity index (χ1n) is 6.12.